The minimum atomic E-state index is -2.99. The Morgan fingerprint density at radius 2 is 0.833 bits per heavy atom. The van der Waals surface area contributed by atoms with Crippen molar-refractivity contribution >= 4 is 39.4 Å². The van der Waals surface area contributed by atoms with Crippen LogP contribution in [0.25, 0.3) is 0 Å². The first-order valence-electron chi connectivity index (χ1n) is 0.676. The zero-order valence-corrected chi connectivity index (χ0v) is 8.22. The van der Waals surface area contributed by atoms with Crippen molar-refractivity contribution in [3.05, 3.63) is 0 Å². The maximum absolute atomic E-state index is 5.00. The van der Waals surface area contributed by atoms with E-state index in [-0.39, 0.29) is 18.6 Å². The predicted molar refractivity (Wildman–Crippen MR) is 23.4 cm³/mol. The van der Waals surface area contributed by atoms with E-state index < -0.39 is 10.2 Å². The molecule has 0 aliphatic rings. The summed E-state index contributed by atoms with van der Waals surface area (Å²) in [7, 11) is 17.0. The van der Waals surface area contributed by atoms with Crippen molar-refractivity contribution < 1.29 is 28.7 Å². The summed E-state index contributed by atoms with van der Waals surface area (Å²) in [6.45, 7) is 0. The van der Waals surface area contributed by atoms with Gasteiger partial charge in [-0.15, -0.1) is 0 Å². The minimum Gasteiger partial charge on any atom is 0 e. The van der Waals surface area contributed by atoms with Crippen LogP contribution in [0.15, 0.2) is 0 Å². The summed E-state index contributed by atoms with van der Waals surface area (Å²) < 4.78 is 0. The molecule has 0 unspecified atom stereocenters. The summed E-state index contributed by atoms with van der Waals surface area (Å²) in [6, 6.07) is 0. The predicted octanol–water partition coefficient (Wildman–Crippen LogP) is 2.75. The van der Waals surface area contributed by atoms with Crippen molar-refractivity contribution in [2.75, 3.05) is 0 Å². The largest absolute Gasteiger partial charge is 0 e. The Balaban J connectivity index is 0. The molecule has 0 rings (SSSR count). The van der Waals surface area contributed by atoms with Crippen LogP contribution in [0.1, 0.15) is 0 Å². The van der Waals surface area contributed by atoms with E-state index in [2.05, 4.69) is 0 Å². The van der Waals surface area contributed by atoms with E-state index in [1.54, 1.807) is 0 Å². The molecule has 0 aromatic rings. The summed E-state index contributed by atoms with van der Waals surface area (Å²) >= 11 is 0. The zero-order chi connectivity index (χ0) is 4.50. The van der Waals surface area contributed by atoms with Crippen LogP contribution in [0.3, 0.4) is 0 Å². The molecule has 0 amide bonds. The summed E-state index contributed by atoms with van der Waals surface area (Å²) in [5, 5.41) is 0. The number of rotatable bonds is 0. The van der Waals surface area contributed by atoms with E-state index in [0.717, 1.165) is 0 Å². The van der Waals surface area contributed by atoms with Gasteiger partial charge < -0.3 is 0 Å². The van der Waals surface area contributed by atoms with Gasteiger partial charge in [0.25, 0.3) is 0 Å². The molecule has 0 N–H and O–H groups in total. The van der Waals surface area contributed by atoms with Crippen molar-refractivity contribution in [1.82, 2.24) is 0 Å². The van der Waals surface area contributed by atoms with Gasteiger partial charge in [-0.2, -0.15) is 0 Å². The van der Waals surface area contributed by atoms with Gasteiger partial charge in [0.1, 0.15) is 0 Å². The van der Waals surface area contributed by atoms with Crippen LogP contribution >= 0.6 is 39.4 Å². The maximum Gasteiger partial charge on any atom is 0 e. The Hall–Kier alpha value is 2.33. The first kappa shape index (κ1) is 11.2. The van der Waals surface area contributed by atoms with E-state index in [1.807, 2.05) is 0 Å². The second-order valence-electron chi connectivity index (χ2n) is 0.383. The average molecular weight is 244 g/mol. The van der Waals surface area contributed by atoms with Crippen LogP contribution in [-0.2, 0) is 28.7 Å². The third kappa shape index (κ3) is 33.1. The van der Waals surface area contributed by atoms with Crippen LogP contribution in [0.4, 0.5) is 0 Å². The van der Waals surface area contributed by atoms with E-state index >= 15 is 0 Å². The molecular weight excluding hydrogens is 244 g/mol. The molecule has 0 aliphatic carbocycles. The molecule has 0 atom stereocenters. The topological polar surface area (TPSA) is 0 Å². The quantitative estimate of drug-likeness (QED) is 0.614. The van der Waals surface area contributed by atoms with Gasteiger partial charge in [-0.3, -0.25) is 0 Å². The van der Waals surface area contributed by atoms with Crippen LogP contribution in [0, 0.1) is 0 Å². The molecule has 0 heterocycles. The van der Waals surface area contributed by atoms with Crippen LogP contribution in [0.2, 0.25) is 0 Å². The second kappa shape index (κ2) is 4.23. The van der Waals surface area contributed by atoms with Crippen molar-refractivity contribution in [1.29, 1.82) is 0 Å². The number of hydrogen-bond donors (Lipinski definition) is 0. The molecule has 0 aromatic carbocycles. The van der Waals surface area contributed by atoms with Gasteiger partial charge in [-0.25, -0.2) is 0 Å². The average Bonchev–Trinajstić information content (AvgIpc) is 0.722. The monoisotopic (exact) mass is 242 g/mol. The zero-order valence-electron chi connectivity index (χ0n) is 2.41. The molecule has 0 spiro atoms. The van der Waals surface area contributed by atoms with E-state index in [9.17, 15) is 0 Å². The number of halogens is 4. The summed E-state index contributed by atoms with van der Waals surface area (Å²) in [5.41, 5.74) is 0. The maximum atomic E-state index is 5.00. The number of hydrogen-bond acceptors (Lipinski definition) is 0. The van der Waals surface area contributed by atoms with E-state index in [1.165, 1.54) is 0 Å². The van der Waals surface area contributed by atoms with Gasteiger partial charge >= 0.3 is 49.6 Å². The van der Waals surface area contributed by atoms with Gasteiger partial charge in [0.15, 0.2) is 0 Å². The van der Waals surface area contributed by atoms with Gasteiger partial charge in [0.05, 0.1) is 0 Å². The third-order valence-corrected chi connectivity index (χ3v) is 0. The fourth-order valence-electron chi connectivity index (χ4n) is 0. The summed E-state index contributed by atoms with van der Waals surface area (Å²) in [4.78, 5) is 0. The molecular formula is Cl4V2. The Bertz CT molecular complexity index is 21.0. The molecule has 0 saturated carbocycles. The van der Waals surface area contributed by atoms with Crippen molar-refractivity contribution in [3.8, 4) is 0 Å². The van der Waals surface area contributed by atoms with Crippen molar-refractivity contribution in [2.45, 2.75) is 0 Å². The van der Waals surface area contributed by atoms with Gasteiger partial charge in [-0.05, 0) is 0 Å². The molecule has 0 aromatic heterocycles. The van der Waals surface area contributed by atoms with Gasteiger partial charge in [-0.1, -0.05) is 0 Å². The fourth-order valence-corrected chi connectivity index (χ4v) is 0. The third-order valence-electron chi connectivity index (χ3n) is 0. The molecule has 1 radical (unpaired) electrons. The molecule has 38 valence electrons. The van der Waals surface area contributed by atoms with Crippen molar-refractivity contribution in [2.24, 2.45) is 0 Å². The molecule has 0 fully saturated rings. The van der Waals surface area contributed by atoms with Crippen molar-refractivity contribution in [3.63, 3.8) is 0 Å². The molecule has 0 aliphatic heterocycles. The van der Waals surface area contributed by atoms with E-state index in [0.29, 0.717) is 0 Å². The fraction of sp³-hybridized carbons (Fsp3) is 0. The Morgan fingerprint density at radius 1 is 0.833 bits per heavy atom. The Morgan fingerprint density at radius 3 is 0.833 bits per heavy atom. The van der Waals surface area contributed by atoms with Crippen LogP contribution in [-0.4, -0.2) is 0 Å². The summed E-state index contributed by atoms with van der Waals surface area (Å²) in [5.74, 6) is 0. The molecule has 0 nitrogen and oxygen atoms in total. The molecule has 6 heavy (non-hydrogen) atoms. The van der Waals surface area contributed by atoms with Gasteiger partial charge in [0, 0.05) is 18.6 Å². The summed E-state index contributed by atoms with van der Waals surface area (Å²) in [6.07, 6.45) is 0. The SMILES string of the molecule is [Cl][V]([Cl])([Cl])[Cl].[V]. The normalized spacial score (nSPS) is 10.0. The molecule has 6 heteroatoms. The Labute approximate surface area is 67.4 Å². The van der Waals surface area contributed by atoms with Crippen LogP contribution < -0.4 is 0 Å². The van der Waals surface area contributed by atoms with E-state index in [4.69, 9.17) is 39.4 Å². The minimum absolute atomic E-state index is 0. The second-order valence-corrected chi connectivity index (χ2v) is 14.2. The Kier molecular flexibility index (Phi) is 7.88. The first-order valence-corrected chi connectivity index (χ1v) is 8.36. The molecule has 0 bridgehead atoms. The smallest absolute Gasteiger partial charge is 0 e. The van der Waals surface area contributed by atoms with Crippen LogP contribution in [0.5, 0.6) is 0 Å². The first-order chi connectivity index (χ1) is 2.00. The standard InChI is InChI=1S/4ClH.2V/h4*1H;;/q;;;;;+4/p-4. The van der Waals surface area contributed by atoms with Gasteiger partial charge in [0.2, 0.25) is 0 Å². The molecule has 0 saturated heterocycles.